The summed E-state index contributed by atoms with van der Waals surface area (Å²) in [5, 5.41) is 35.1. The summed E-state index contributed by atoms with van der Waals surface area (Å²) in [5.41, 5.74) is -0.342. The number of benzene rings is 1. The van der Waals surface area contributed by atoms with Crippen molar-refractivity contribution in [3.8, 4) is 11.5 Å². The van der Waals surface area contributed by atoms with Crippen LogP contribution in [0.4, 0.5) is 4.39 Å². The number of rotatable bonds is 2. The number of hydrogen-bond acceptors (Lipinski definition) is 4. The highest BCUT2D eigenvalue weighted by atomic mass is 19.1. The van der Waals surface area contributed by atoms with Gasteiger partial charge in [-0.15, -0.1) is 0 Å². The maximum Gasteiger partial charge on any atom is 0.337 e. The number of halogens is 1. The van der Waals surface area contributed by atoms with Crippen molar-refractivity contribution < 1.29 is 29.6 Å². The highest BCUT2D eigenvalue weighted by Crippen LogP contribution is 2.31. The lowest BCUT2D eigenvalue weighted by atomic mass is 10.1. The van der Waals surface area contributed by atoms with E-state index in [1.54, 1.807) is 0 Å². The number of carboxylic acid groups (broad SMARTS) is 1. The minimum absolute atomic E-state index is 0.342. The SMILES string of the molecule is O=C(O)[C@@H](O)c1cc(O)c(O)c(F)c1. The second-order valence-electron chi connectivity index (χ2n) is 2.61. The molecule has 0 unspecified atom stereocenters. The summed E-state index contributed by atoms with van der Waals surface area (Å²) in [6.45, 7) is 0. The van der Waals surface area contributed by atoms with Crippen LogP contribution < -0.4 is 0 Å². The van der Waals surface area contributed by atoms with Crippen molar-refractivity contribution in [3.05, 3.63) is 23.5 Å². The predicted octanol–water partition coefficient (Wildman–Crippen LogP) is 0.355. The molecule has 4 N–H and O–H groups in total. The Balaban J connectivity index is 3.19. The topological polar surface area (TPSA) is 98.0 Å². The molecular formula is C8H7FO5. The van der Waals surface area contributed by atoms with Crippen LogP contribution in [0.5, 0.6) is 11.5 Å². The monoisotopic (exact) mass is 202 g/mol. The van der Waals surface area contributed by atoms with Gasteiger partial charge in [-0.2, -0.15) is 0 Å². The molecule has 1 rings (SSSR count). The number of hydrogen-bond donors (Lipinski definition) is 4. The quantitative estimate of drug-likeness (QED) is 0.519. The number of aliphatic hydroxyl groups excluding tert-OH is 1. The highest BCUT2D eigenvalue weighted by molar-refractivity contribution is 5.74. The fourth-order valence-electron chi connectivity index (χ4n) is 0.905. The van der Waals surface area contributed by atoms with Crippen LogP contribution >= 0.6 is 0 Å². The largest absolute Gasteiger partial charge is 0.504 e. The van der Waals surface area contributed by atoms with Gasteiger partial charge in [0.15, 0.2) is 23.4 Å². The molecule has 0 aliphatic rings. The molecule has 0 radical (unpaired) electrons. The summed E-state index contributed by atoms with van der Waals surface area (Å²) in [5.74, 6) is -4.57. The second-order valence-corrected chi connectivity index (χ2v) is 2.61. The molecule has 0 amide bonds. The molecule has 1 aromatic carbocycles. The smallest absolute Gasteiger partial charge is 0.337 e. The number of aliphatic carboxylic acids is 1. The lowest BCUT2D eigenvalue weighted by molar-refractivity contribution is -0.146. The van der Waals surface area contributed by atoms with Crippen molar-refractivity contribution in [1.29, 1.82) is 0 Å². The highest BCUT2D eigenvalue weighted by Gasteiger charge is 2.19. The first kappa shape index (κ1) is 10.3. The van der Waals surface area contributed by atoms with Gasteiger partial charge in [0, 0.05) is 0 Å². The van der Waals surface area contributed by atoms with Crippen LogP contribution in [-0.2, 0) is 4.79 Å². The van der Waals surface area contributed by atoms with Crippen LogP contribution in [-0.4, -0.2) is 26.4 Å². The molecule has 0 aromatic heterocycles. The summed E-state index contributed by atoms with van der Waals surface area (Å²) in [4.78, 5) is 10.3. The first-order valence-electron chi connectivity index (χ1n) is 3.55. The van der Waals surface area contributed by atoms with Gasteiger partial charge in [-0.1, -0.05) is 0 Å². The van der Waals surface area contributed by atoms with E-state index in [0.29, 0.717) is 6.07 Å². The molecule has 0 saturated heterocycles. The molecule has 0 spiro atoms. The van der Waals surface area contributed by atoms with Crippen molar-refractivity contribution in [1.82, 2.24) is 0 Å². The third-order valence-corrected chi connectivity index (χ3v) is 1.62. The molecule has 0 fully saturated rings. The Hall–Kier alpha value is -1.82. The lowest BCUT2D eigenvalue weighted by Gasteiger charge is -2.07. The van der Waals surface area contributed by atoms with Crippen molar-refractivity contribution in [2.24, 2.45) is 0 Å². The number of phenols is 2. The Morgan fingerprint density at radius 1 is 1.36 bits per heavy atom. The van der Waals surface area contributed by atoms with Crippen LogP contribution in [0.2, 0.25) is 0 Å². The minimum Gasteiger partial charge on any atom is -0.504 e. The molecule has 0 heterocycles. The fraction of sp³-hybridized carbons (Fsp3) is 0.125. The van der Waals surface area contributed by atoms with E-state index in [0.717, 1.165) is 6.07 Å². The van der Waals surface area contributed by atoms with Crippen molar-refractivity contribution in [2.75, 3.05) is 0 Å². The summed E-state index contributed by atoms with van der Waals surface area (Å²) in [6.07, 6.45) is -1.93. The van der Waals surface area contributed by atoms with Gasteiger partial charge in [0.25, 0.3) is 0 Å². The van der Waals surface area contributed by atoms with Crippen LogP contribution in [0.15, 0.2) is 12.1 Å². The predicted molar refractivity (Wildman–Crippen MR) is 42.3 cm³/mol. The third kappa shape index (κ3) is 1.74. The molecule has 0 aliphatic carbocycles. The van der Waals surface area contributed by atoms with E-state index in [-0.39, 0.29) is 5.56 Å². The zero-order valence-corrected chi connectivity index (χ0v) is 6.81. The van der Waals surface area contributed by atoms with Crippen LogP contribution in [0.3, 0.4) is 0 Å². The van der Waals surface area contributed by atoms with Gasteiger partial charge in [-0.3, -0.25) is 0 Å². The van der Waals surface area contributed by atoms with Gasteiger partial charge >= 0.3 is 5.97 Å². The lowest BCUT2D eigenvalue weighted by Crippen LogP contribution is -2.10. The molecule has 5 nitrogen and oxygen atoms in total. The summed E-state index contributed by atoms with van der Waals surface area (Å²) >= 11 is 0. The average Bonchev–Trinajstić information content (AvgIpc) is 2.12. The van der Waals surface area contributed by atoms with Gasteiger partial charge in [-0.05, 0) is 17.7 Å². The Kier molecular flexibility index (Phi) is 2.57. The Labute approximate surface area is 77.7 Å². The maximum absolute atomic E-state index is 12.7. The van der Waals surface area contributed by atoms with Crippen molar-refractivity contribution in [3.63, 3.8) is 0 Å². The fourth-order valence-corrected chi connectivity index (χ4v) is 0.905. The maximum atomic E-state index is 12.7. The van der Waals surface area contributed by atoms with E-state index >= 15 is 0 Å². The van der Waals surface area contributed by atoms with Gasteiger partial charge in [0.05, 0.1) is 0 Å². The molecule has 0 bridgehead atoms. The number of carboxylic acids is 1. The average molecular weight is 202 g/mol. The number of phenolic OH excluding ortho intramolecular Hbond substituents is 2. The van der Waals surface area contributed by atoms with Gasteiger partial charge < -0.3 is 20.4 Å². The van der Waals surface area contributed by atoms with Crippen LogP contribution in [0.25, 0.3) is 0 Å². The molecule has 6 heteroatoms. The van der Waals surface area contributed by atoms with E-state index in [2.05, 4.69) is 0 Å². The van der Waals surface area contributed by atoms with E-state index in [4.69, 9.17) is 20.4 Å². The van der Waals surface area contributed by atoms with Crippen LogP contribution in [0.1, 0.15) is 11.7 Å². The van der Waals surface area contributed by atoms with Gasteiger partial charge in [0.1, 0.15) is 0 Å². The van der Waals surface area contributed by atoms with E-state index in [1.165, 1.54) is 0 Å². The van der Waals surface area contributed by atoms with Crippen molar-refractivity contribution in [2.45, 2.75) is 6.10 Å². The number of aromatic hydroxyl groups is 2. The first-order valence-corrected chi connectivity index (χ1v) is 3.55. The molecule has 1 atom stereocenters. The number of aliphatic hydroxyl groups is 1. The number of carbonyl (C=O) groups is 1. The molecule has 1 aromatic rings. The van der Waals surface area contributed by atoms with Crippen molar-refractivity contribution >= 4 is 5.97 Å². The zero-order chi connectivity index (χ0) is 10.9. The summed E-state index contributed by atoms with van der Waals surface area (Å²) in [7, 11) is 0. The van der Waals surface area contributed by atoms with Crippen LogP contribution in [0, 0.1) is 5.82 Å². The molecular weight excluding hydrogens is 195 g/mol. The van der Waals surface area contributed by atoms with Gasteiger partial charge in [-0.25, -0.2) is 9.18 Å². The molecule has 14 heavy (non-hydrogen) atoms. The normalized spacial score (nSPS) is 12.4. The third-order valence-electron chi connectivity index (χ3n) is 1.62. The summed E-state index contributed by atoms with van der Waals surface area (Å²) in [6, 6.07) is 1.41. The zero-order valence-electron chi connectivity index (χ0n) is 6.81. The van der Waals surface area contributed by atoms with Gasteiger partial charge in [0.2, 0.25) is 0 Å². The summed E-state index contributed by atoms with van der Waals surface area (Å²) < 4.78 is 12.7. The Morgan fingerprint density at radius 2 is 1.93 bits per heavy atom. The molecule has 0 aliphatic heterocycles. The minimum atomic E-state index is -1.93. The Bertz CT molecular complexity index is 353. The van der Waals surface area contributed by atoms with E-state index < -0.39 is 29.4 Å². The van der Waals surface area contributed by atoms with E-state index in [1.807, 2.05) is 0 Å². The second kappa shape index (κ2) is 3.51. The molecule has 0 saturated carbocycles. The Morgan fingerprint density at radius 3 is 2.36 bits per heavy atom. The first-order chi connectivity index (χ1) is 6.43. The van der Waals surface area contributed by atoms with E-state index in [9.17, 15) is 9.18 Å². The standard InChI is InChI=1S/C8H7FO5/c9-4-1-3(6(11)8(13)14)2-5(10)7(4)12/h1-2,6,10-12H,(H,13,14)/t6-/m0/s1. The molecule has 76 valence electrons.